The van der Waals surface area contributed by atoms with E-state index < -0.39 is 11.7 Å². The highest BCUT2D eigenvalue weighted by atomic mass is 32.1. The van der Waals surface area contributed by atoms with Crippen LogP contribution in [0.15, 0.2) is 6.20 Å². The minimum Gasteiger partial charge on any atom is -0.473 e. The molecule has 1 aromatic heterocycles. The number of hydrogen-bond acceptors (Lipinski definition) is 7. The molecule has 6 nitrogen and oxygen atoms in total. The molecule has 0 bridgehead atoms. The van der Waals surface area contributed by atoms with E-state index in [1.165, 1.54) is 6.20 Å². The first kappa shape index (κ1) is 15.3. The molecule has 0 aliphatic carbocycles. The standard InChI is InChI=1S/C11H21N3O3S/c1-3-11(16,4-2)8-12-5-9(15)7-17-10-6-13-18-14-10/h6,9,12,15-16H,3-5,7-8H2,1-2H3. The van der Waals surface area contributed by atoms with Crippen molar-refractivity contribution >= 4 is 11.7 Å². The van der Waals surface area contributed by atoms with Crippen LogP contribution in [0.1, 0.15) is 26.7 Å². The normalized spacial score (nSPS) is 13.6. The fourth-order valence-electron chi connectivity index (χ4n) is 1.43. The number of aliphatic hydroxyl groups excluding tert-OH is 1. The minimum atomic E-state index is -0.695. The molecular formula is C11H21N3O3S. The molecule has 0 aliphatic heterocycles. The van der Waals surface area contributed by atoms with Crippen molar-refractivity contribution in [1.82, 2.24) is 14.1 Å². The van der Waals surface area contributed by atoms with Crippen LogP contribution in [0, 0.1) is 0 Å². The summed E-state index contributed by atoms with van der Waals surface area (Å²) in [6.45, 7) is 4.89. The summed E-state index contributed by atoms with van der Waals surface area (Å²) in [5.41, 5.74) is -0.695. The van der Waals surface area contributed by atoms with Crippen LogP contribution < -0.4 is 10.1 Å². The Hall–Kier alpha value is -0.760. The zero-order chi connectivity index (χ0) is 13.4. The lowest BCUT2D eigenvalue weighted by Crippen LogP contribution is -2.43. The maximum absolute atomic E-state index is 10.0. The van der Waals surface area contributed by atoms with Gasteiger partial charge < -0.3 is 20.3 Å². The van der Waals surface area contributed by atoms with E-state index in [0.29, 0.717) is 31.8 Å². The van der Waals surface area contributed by atoms with E-state index in [0.717, 1.165) is 11.7 Å². The third-order valence-electron chi connectivity index (χ3n) is 2.91. The van der Waals surface area contributed by atoms with E-state index in [4.69, 9.17) is 4.74 Å². The van der Waals surface area contributed by atoms with Gasteiger partial charge in [0.15, 0.2) is 0 Å². The van der Waals surface area contributed by atoms with E-state index in [1.54, 1.807) is 0 Å². The molecule has 7 heteroatoms. The summed E-state index contributed by atoms with van der Waals surface area (Å²) in [6, 6.07) is 0. The molecule has 0 aliphatic rings. The summed E-state index contributed by atoms with van der Waals surface area (Å²) in [7, 11) is 0. The van der Waals surface area contributed by atoms with Crippen molar-refractivity contribution in [3.05, 3.63) is 6.20 Å². The lowest BCUT2D eigenvalue weighted by atomic mass is 9.97. The Kier molecular flexibility index (Phi) is 6.48. The predicted molar refractivity (Wildman–Crippen MR) is 69.8 cm³/mol. The molecule has 0 amide bonds. The third kappa shape index (κ3) is 5.26. The Bertz CT molecular complexity index is 317. The van der Waals surface area contributed by atoms with Gasteiger partial charge in [-0.2, -0.15) is 4.37 Å². The summed E-state index contributed by atoms with van der Waals surface area (Å²) < 4.78 is 12.9. The molecule has 1 rings (SSSR count). The highest BCUT2D eigenvalue weighted by molar-refractivity contribution is 6.99. The highest BCUT2D eigenvalue weighted by Crippen LogP contribution is 2.12. The van der Waals surface area contributed by atoms with Crippen molar-refractivity contribution in [2.75, 3.05) is 19.7 Å². The van der Waals surface area contributed by atoms with Gasteiger partial charge in [-0.1, -0.05) is 13.8 Å². The van der Waals surface area contributed by atoms with Crippen molar-refractivity contribution in [3.63, 3.8) is 0 Å². The van der Waals surface area contributed by atoms with Gasteiger partial charge in [-0.3, -0.25) is 0 Å². The molecule has 0 saturated carbocycles. The number of nitrogens with one attached hydrogen (secondary N) is 1. The minimum absolute atomic E-state index is 0.162. The SMILES string of the molecule is CCC(O)(CC)CNCC(O)COc1cnsn1. The van der Waals surface area contributed by atoms with Gasteiger partial charge in [0.1, 0.15) is 18.9 Å². The first-order valence-corrected chi connectivity index (χ1v) is 6.84. The smallest absolute Gasteiger partial charge is 0.245 e. The number of aliphatic hydroxyl groups is 2. The summed E-state index contributed by atoms with van der Waals surface area (Å²) in [4.78, 5) is 0. The molecule has 18 heavy (non-hydrogen) atoms. The predicted octanol–water partition coefficient (Wildman–Crippen LogP) is 0.418. The molecule has 3 N–H and O–H groups in total. The molecule has 0 aromatic carbocycles. The van der Waals surface area contributed by atoms with Crippen molar-refractivity contribution in [2.24, 2.45) is 0 Å². The topological polar surface area (TPSA) is 87.5 Å². The fourth-order valence-corrected chi connectivity index (χ4v) is 1.80. The van der Waals surface area contributed by atoms with Gasteiger partial charge in [-0.15, -0.1) is 4.37 Å². The van der Waals surface area contributed by atoms with Crippen LogP contribution in [-0.4, -0.2) is 50.4 Å². The number of aromatic nitrogens is 2. The molecule has 104 valence electrons. The maximum Gasteiger partial charge on any atom is 0.245 e. The average Bonchev–Trinajstić information content (AvgIpc) is 2.89. The molecule has 1 heterocycles. The first-order valence-electron chi connectivity index (χ1n) is 6.11. The van der Waals surface area contributed by atoms with E-state index in [-0.39, 0.29) is 6.61 Å². The Morgan fingerprint density at radius 1 is 1.50 bits per heavy atom. The lowest BCUT2D eigenvalue weighted by molar-refractivity contribution is 0.0269. The van der Waals surface area contributed by atoms with E-state index in [1.807, 2.05) is 13.8 Å². The van der Waals surface area contributed by atoms with Crippen molar-refractivity contribution in [2.45, 2.75) is 38.4 Å². The van der Waals surface area contributed by atoms with Crippen LogP contribution in [0.3, 0.4) is 0 Å². The zero-order valence-corrected chi connectivity index (χ0v) is 11.6. The maximum atomic E-state index is 10.0. The Labute approximate surface area is 111 Å². The van der Waals surface area contributed by atoms with Crippen LogP contribution in [0.5, 0.6) is 5.88 Å². The highest BCUT2D eigenvalue weighted by Gasteiger charge is 2.21. The number of nitrogens with zero attached hydrogens (tertiary/aromatic N) is 2. The second-order valence-electron chi connectivity index (χ2n) is 4.27. The summed E-state index contributed by atoms with van der Waals surface area (Å²) in [5, 5.41) is 22.8. The van der Waals surface area contributed by atoms with Gasteiger partial charge in [0.2, 0.25) is 5.88 Å². The van der Waals surface area contributed by atoms with Gasteiger partial charge in [0.25, 0.3) is 0 Å². The molecular weight excluding hydrogens is 254 g/mol. The Balaban J connectivity index is 2.15. The van der Waals surface area contributed by atoms with Crippen LogP contribution in [0.4, 0.5) is 0 Å². The average molecular weight is 275 g/mol. The van der Waals surface area contributed by atoms with E-state index in [2.05, 4.69) is 14.1 Å². The molecule has 0 spiro atoms. The molecule has 0 saturated heterocycles. The van der Waals surface area contributed by atoms with Gasteiger partial charge >= 0.3 is 0 Å². The third-order valence-corrected chi connectivity index (χ3v) is 3.38. The monoisotopic (exact) mass is 275 g/mol. The van der Waals surface area contributed by atoms with E-state index in [9.17, 15) is 10.2 Å². The number of rotatable bonds is 9. The van der Waals surface area contributed by atoms with Crippen molar-refractivity contribution in [1.29, 1.82) is 0 Å². The second-order valence-corrected chi connectivity index (χ2v) is 4.83. The van der Waals surface area contributed by atoms with Gasteiger partial charge in [0, 0.05) is 13.1 Å². The second kappa shape index (κ2) is 7.63. The molecule has 0 fully saturated rings. The van der Waals surface area contributed by atoms with Gasteiger partial charge in [0.05, 0.1) is 17.3 Å². The van der Waals surface area contributed by atoms with Crippen LogP contribution in [-0.2, 0) is 0 Å². The summed E-state index contributed by atoms with van der Waals surface area (Å²) in [6.07, 6.45) is 2.25. The molecule has 1 atom stereocenters. The molecule has 0 radical (unpaired) electrons. The molecule has 1 unspecified atom stereocenters. The number of ether oxygens (including phenoxy) is 1. The fraction of sp³-hybridized carbons (Fsp3) is 0.818. The summed E-state index contributed by atoms with van der Waals surface area (Å²) in [5.74, 6) is 0.428. The Morgan fingerprint density at radius 3 is 2.78 bits per heavy atom. The quantitative estimate of drug-likeness (QED) is 0.605. The van der Waals surface area contributed by atoms with Gasteiger partial charge in [-0.05, 0) is 12.8 Å². The van der Waals surface area contributed by atoms with Crippen LogP contribution in [0.2, 0.25) is 0 Å². The van der Waals surface area contributed by atoms with Crippen molar-refractivity contribution in [3.8, 4) is 5.88 Å². The van der Waals surface area contributed by atoms with E-state index >= 15 is 0 Å². The lowest BCUT2D eigenvalue weighted by Gasteiger charge is -2.26. The molecule has 1 aromatic rings. The number of hydrogen-bond donors (Lipinski definition) is 3. The van der Waals surface area contributed by atoms with Crippen LogP contribution >= 0.6 is 11.7 Å². The Morgan fingerprint density at radius 2 is 2.22 bits per heavy atom. The van der Waals surface area contributed by atoms with Gasteiger partial charge in [-0.25, -0.2) is 0 Å². The summed E-state index contributed by atoms with van der Waals surface area (Å²) >= 11 is 1.06. The van der Waals surface area contributed by atoms with Crippen LogP contribution in [0.25, 0.3) is 0 Å². The largest absolute Gasteiger partial charge is 0.473 e. The zero-order valence-electron chi connectivity index (χ0n) is 10.8. The first-order chi connectivity index (χ1) is 8.59. The van der Waals surface area contributed by atoms with Crippen molar-refractivity contribution < 1.29 is 14.9 Å².